The van der Waals surface area contributed by atoms with Gasteiger partial charge in [-0.3, -0.25) is 0 Å². The highest BCUT2D eigenvalue weighted by atomic mass is 19.1. The maximum absolute atomic E-state index is 14.2. The van der Waals surface area contributed by atoms with E-state index in [1.807, 2.05) is 0 Å². The molecule has 0 radical (unpaired) electrons. The van der Waals surface area contributed by atoms with E-state index in [1.54, 1.807) is 18.3 Å². The van der Waals surface area contributed by atoms with Gasteiger partial charge in [0.2, 0.25) is 0 Å². The predicted molar refractivity (Wildman–Crippen MR) is 139 cm³/mol. The van der Waals surface area contributed by atoms with E-state index in [4.69, 9.17) is 10.4 Å². The van der Waals surface area contributed by atoms with E-state index in [2.05, 4.69) is 39.1 Å². The third-order valence-corrected chi connectivity index (χ3v) is 6.99. The van der Waals surface area contributed by atoms with Gasteiger partial charge in [0.05, 0.1) is 5.69 Å². The van der Waals surface area contributed by atoms with Crippen LogP contribution in [0.4, 0.5) is 20.4 Å². The Morgan fingerprint density at radius 1 is 1.19 bits per heavy atom. The number of anilines is 2. The molecule has 2 aromatic heterocycles. The van der Waals surface area contributed by atoms with Crippen LogP contribution < -0.4 is 10.6 Å². The van der Waals surface area contributed by atoms with Crippen molar-refractivity contribution in [3.8, 4) is 11.4 Å². The molecule has 1 aliphatic heterocycles. The summed E-state index contributed by atoms with van der Waals surface area (Å²) in [4.78, 5) is 16.1. The fourth-order valence-electron chi connectivity index (χ4n) is 4.69. The summed E-state index contributed by atoms with van der Waals surface area (Å²) in [5, 5.41) is 14.5. The predicted octanol–water partition coefficient (Wildman–Crippen LogP) is 5.71. The summed E-state index contributed by atoms with van der Waals surface area (Å²) in [7, 11) is 2.12. The van der Waals surface area contributed by atoms with Gasteiger partial charge in [-0.1, -0.05) is 6.58 Å². The SMILES string of the molecule is C=C(c1c(C=N)nc(-c2ccnc(NC3=C(F)CCC=C3F)c2)nc1NC1CCN(C)CC1)C1CC1. The molecule has 2 aromatic rings. The third kappa shape index (κ3) is 5.21. The minimum Gasteiger partial charge on any atom is -0.367 e. The maximum atomic E-state index is 14.2. The number of halogens is 2. The number of aromatic nitrogens is 3. The number of rotatable bonds is 8. The van der Waals surface area contributed by atoms with Crippen LogP contribution in [-0.4, -0.2) is 52.2 Å². The summed E-state index contributed by atoms with van der Waals surface area (Å²) in [6.07, 6.45) is 8.81. The maximum Gasteiger partial charge on any atom is 0.162 e. The van der Waals surface area contributed by atoms with Crippen LogP contribution in [-0.2, 0) is 0 Å². The minimum absolute atomic E-state index is 0.152. The number of likely N-dealkylation sites (tertiary alicyclic amines) is 1. The molecule has 188 valence electrons. The first kappa shape index (κ1) is 24.2. The zero-order valence-electron chi connectivity index (χ0n) is 20.5. The quantitative estimate of drug-likeness (QED) is 0.410. The van der Waals surface area contributed by atoms with E-state index in [0.29, 0.717) is 41.1 Å². The van der Waals surface area contributed by atoms with Crippen molar-refractivity contribution in [3.63, 3.8) is 0 Å². The molecule has 0 bridgehead atoms. The van der Waals surface area contributed by atoms with Gasteiger partial charge in [-0.05, 0) is 81.9 Å². The third-order valence-electron chi connectivity index (χ3n) is 6.99. The molecule has 2 aliphatic carbocycles. The minimum atomic E-state index is -0.624. The molecule has 0 amide bonds. The van der Waals surface area contributed by atoms with Crippen molar-refractivity contribution in [3.05, 3.63) is 59.6 Å². The van der Waals surface area contributed by atoms with Gasteiger partial charge in [0, 0.05) is 36.0 Å². The number of nitrogens with zero attached hydrogens (tertiary/aromatic N) is 4. The first-order chi connectivity index (χ1) is 17.4. The highest BCUT2D eigenvalue weighted by Gasteiger charge is 2.30. The molecule has 0 aromatic carbocycles. The van der Waals surface area contributed by atoms with Crippen LogP contribution in [0.3, 0.4) is 0 Å². The van der Waals surface area contributed by atoms with E-state index in [0.717, 1.165) is 49.9 Å². The smallest absolute Gasteiger partial charge is 0.162 e. The Bertz CT molecular complexity index is 1240. The molecule has 5 rings (SSSR count). The lowest BCUT2D eigenvalue weighted by molar-refractivity contribution is 0.263. The topological polar surface area (TPSA) is 89.8 Å². The molecule has 36 heavy (non-hydrogen) atoms. The lowest BCUT2D eigenvalue weighted by atomic mass is 10.00. The van der Waals surface area contributed by atoms with E-state index in [9.17, 15) is 8.78 Å². The number of hydrogen-bond donors (Lipinski definition) is 3. The summed E-state index contributed by atoms with van der Waals surface area (Å²) >= 11 is 0. The second-order valence-electron chi connectivity index (χ2n) is 9.75. The number of pyridine rings is 1. The van der Waals surface area contributed by atoms with E-state index >= 15 is 0 Å². The second-order valence-corrected chi connectivity index (χ2v) is 9.75. The molecule has 0 spiro atoms. The first-order valence-electron chi connectivity index (χ1n) is 12.5. The van der Waals surface area contributed by atoms with E-state index in [1.165, 1.54) is 12.3 Å². The van der Waals surface area contributed by atoms with Crippen LogP contribution in [0, 0.1) is 11.3 Å². The zero-order chi connectivity index (χ0) is 25.2. The van der Waals surface area contributed by atoms with Crippen LogP contribution in [0.2, 0.25) is 0 Å². The molecule has 1 saturated carbocycles. The Hall–Kier alpha value is -3.46. The van der Waals surface area contributed by atoms with Crippen LogP contribution in [0.25, 0.3) is 17.0 Å². The number of piperidine rings is 1. The molecule has 3 N–H and O–H groups in total. The Morgan fingerprint density at radius 3 is 2.67 bits per heavy atom. The van der Waals surface area contributed by atoms with Crippen LogP contribution in [0.15, 0.2) is 48.3 Å². The molecule has 9 heteroatoms. The molecule has 0 atom stereocenters. The van der Waals surface area contributed by atoms with Crippen molar-refractivity contribution in [1.82, 2.24) is 19.9 Å². The molecule has 3 aliphatic rings. The van der Waals surface area contributed by atoms with Gasteiger partial charge in [-0.25, -0.2) is 23.7 Å². The standard InChI is InChI=1S/C27H31F2N7/c1-16(17-6-7-17)24-22(15-30)33-26(35-27(24)32-19-9-12-36(2)13-10-19)18-8-11-31-23(14-18)34-25-20(28)4-3-5-21(25)29/h4,8,11,14-15,17,19,30H,1,3,5-7,9-10,12-13H2,2H3,(H,31,34)(H,32,33,35). The highest BCUT2D eigenvalue weighted by molar-refractivity contribution is 5.90. The van der Waals surface area contributed by atoms with Gasteiger partial charge in [-0.2, -0.15) is 0 Å². The lowest BCUT2D eigenvalue weighted by Gasteiger charge is -2.30. The molecular weight excluding hydrogens is 460 g/mol. The normalized spacial score (nSPS) is 19.1. The second kappa shape index (κ2) is 10.3. The van der Waals surface area contributed by atoms with Crippen molar-refractivity contribution in [2.75, 3.05) is 30.8 Å². The van der Waals surface area contributed by atoms with Crippen molar-refractivity contribution < 1.29 is 8.78 Å². The van der Waals surface area contributed by atoms with Crippen LogP contribution >= 0.6 is 0 Å². The van der Waals surface area contributed by atoms with Crippen LogP contribution in [0.1, 0.15) is 49.8 Å². The summed E-state index contributed by atoms with van der Waals surface area (Å²) in [5.41, 5.74) is 2.73. The number of hydrogen-bond acceptors (Lipinski definition) is 7. The fourth-order valence-corrected chi connectivity index (χ4v) is 4.69. The summed E-state index contributed by atoms with van der Waals surface area (Å²) in [5.74, 6) is 0.633. The Morgan fingerprint density at radius 2 is 1.97 bits per heavy atom. The lowest BCUT2D eigenvalue weighted by Crippen LogP contribution is -2.37. The van der Waals surface area contributed by atoms with Gasteiger partial charge in [0.25, 0.3) is 0 Å². The van der Waals surface area contributed by atoms with Crippen LogP contribution in [0.5, 0.6) is 0 Å². The van der Waals surface area contributed by atoms with Crippen molar-refractivity contribution in [2.24, 2.45) is 5.92 Å². The van der Waals surface area contributed by atoms with Crippen molar-refractivity contribution in [2.45, 2.75) is 44.6 Å². The summed E-state index contributed by atoms with van der Waals surface area (Å²) in [6.45, 7) is 6.33. The largest absolute Gasteiger partial charge is 0.367 e. The van der Waals surface area contributed by atoms with Gasteiger partial charge in [0.1, 0.15) is 29.0 Å². The highest BCUT2D eigenvalue weighted by Crippen LogP contribution is 2.44. The van der Waals surface area contributed by atoms with E-state index in [-0.39, 0.29) is 18.2 Å². The first-order valence-corrected chi connectivity index (χ1v) is 12.5. The average molecular weight is 492 g/mol. The number of nitrogens with one attached hydrogen (secondary N) is 3. The van der Waals surface area contributed by atoms with E-state index < -0.39 is 11.7 Å². The Kier molecular flexibility index (Phi) is 6.91. The Balaban J connectivity index is 1.50. The Labute approximate surface area is 210 Å². The summed E-state index contributed by atoms with van der Waals surface area (Å²) < 4.78 is 28.4. The van der Waals surface area contributed by atoms with Gasteiger partial charge in [0.15, 0.2) is 5.82 Å². The van der Waals surface area contributed by atoms with Gasteiger partial charge in [-0.15, -0.1) is 0 Å². The van der Waals surface area contributed by atoms with Gasteiger partial charge >= 0.3 is 0 Å². The summed E-state index contributed by atoms with van der Waals surface area (Å²) in [6, 6.07) is 3.68. The van der Waals surface area contributed by atoms with Crippen molar-refractivity contribution in [1.29, 1.82) is 5.41 Å². The monoisotopic (exact) mass is 491 g/mol. The molecule has 3 heterocycles. The average Bonchev–Trinajstić information content (AvgIpc) is 3.73. The number of allylic oxidation sites excluding steroid dienone is 4. The fraction of sp³-hybridized carbons (Fsp3) is 0.407. The molecule has 0 unspecified atom stereocenters. The van der Waals surface area contributed by atoms with Gasteiger partial charge < -0.3 is 20.9 Å². The van der Waals surface area contributed by atoms with Crippen molar-refractivity contribution >= 4 is 23.4 Å². The molecular formula is C27H31F2N7. The molecule has 2 fully saturated rings. The zero-order valence-corrected chi connectivity index (χ0v) is 20.5. The molecule has 1 saturated heterocycles. The molecule has 7 nitrogen and oxygen atoms in total.